The van der Waals surface area contributed by atoms with E-state index in [2.05, 4.69) is 57.3 Å². The maximum atomic E-state index is 5.70. The molecule has 1 aromatic rings. The maximum Gasteiger partial charge on any atom is 0.119 e. The van der Waals surface area contributed by atoms with E-state index >= 15 is 0 Å². The van der Waals surface area contributed by atoms with Gasteiger partial charge < -0.3 is 10.1 Å². The smallest absolute Gasteiger partial charge is 0.119 e. The predicted molar refractivity (Wildman–Crippen MR) is 82.6 cm³/mol. The summed E-state index contributed by atoms with van der Waals surface area (Å²) in [5, 5.41) is 3.48. The Morgan fingerprint density at radius 1 is 1.05 bits per heavy atom. The Hall–Kier alpha value is -1.02. The summed E-state index contributed by atoms with van der Waals surface area (Å²) in [6.45, 7) is 11.7. The van der Waals surface area contributed by atoms with Crippen LogP contribution >= 0.6 is 0 Å². The van der Waals surface area contributed by atoms with Crippen LogP contribution in [0.15, 0.2) is 24.3 Å². The van der Waals surface area contributed by atoms with Gasteiger partial charge in [0.2, 0.25) is 0 Å². The SMILES string of the molecule is CCCCCOc1ccc(CNCC(C)(C)C)cc1. The first-order chi connectivity index (χ1) is 9.01. The molecule has 0 saturated heterocycles. The van der Waals surface area contributed by atoms with Gasteiger partial charge in [-0.15, -0.1) is 0 Å². The van der Waals surface area contributed by atoms with Gasteiger partial charge in [0, 0.05) is 13.1 Å². The van der Waals surface area contributed by atoms with Crippen molar-refractivity contribution in [2.45, 2.75) is 53.5 Å². The van der Waals surface area contributed by atoms with Gasteiger partial charge in [0.05, 0.1) is 6.61 Å². The molecule has 0 amide bonds. The maximum absolute atomic E-state index is 5.70. The molecule has 0 saturated carbocycles. The molecule has 0 unspecified atom stereocenters. The fourth-order valence-corrected chi connectivity index (χ4v) is 1.83. The van der Waals surface area contributed by atoms with E-state index in [-0.39, 0.29) is 0 Å². The van der Waals surface area contributed by atoms with Crippen LogP contribution in [0.5, 0.6) is 5.75 Å². The van der Waals surface area contributed by atoms with Crippen LogP contribution in [0.2, 0.25) is 0 Å². The van der Waals surface area contributed by atoms with E-state index in [1.807, 2.05) is 0 Å². The highest BCUT2D eigenvalue weighted by Gasteiger charge is 2.08. The summed E-state index contributed by atoms with van der Waals surface area (Å²) < 4.78 is 5.70. The van der Waals surface area contributed by atoms with E-state index in [9.17, 15) is 0 Å². The lowest BCUT2D eigenvalue weighted by atomic mass is 9.97. The Labute approximate surface area is 118 Å². The summed E-state index contributed by atoms with van der Waals surface area (Å²) in [5.74, 6) is 0.982. The number of unbranched alkanes of at least 4 members (excludes halogenated alkanes) is 2. The molecule has 108 valence electrons. The topological polar surface area (TPSA) is 21.3 Å². The lowest BCUT2D eigenvalue weighted by Crippen LogP contribution is -2.26. The van der Waals surface area contributed by atoms with E-state index in [1.165, 1.54) is 18.4 Å². The average molecular weight is 263 g/mol. The molecule has 0 radical (unpaired) electrons. The molecule has 1 aromatic carbocycles. The molecular formula is C17H29NO. The largest absolute Gasteiger partial charge is 0.494 e. The Morgan fingerprint density at radius 3 is 2.32 bits per heavy atom. The molecule has 0 aromatic heterocycles. The minimum atomic E-state index is 0.336. The van der Waals surface area contributed by atoms with Crippen molar-refractivity contribution in [1.82, 2.24) is 5.32 Å². The molecule has 0 bridgehead atoms. The molecule has 0 spiro atoms. The quantitative estimate of drug-likeness (QED) is 0.702. The van der Waals surface area contributed by atoms with Gasteiger partial charge in [0.1, 0.15) is 5.75 Å². The minimum Gasteiger partial charge on any atom is -0.494 e. The van der Waals surface area contributed by atoms with E-state index < -0.39 is 0 Å². The highest BCUT2D eigenvalue weighted by molar-refractivity contribution is 5.27. The number of rotatable bonds is 8. The zero-order chi connectivity index (χ0) is 14.1. The third-order valence-corrected chi connectivity index (χ3v) is 2.92. The van der Waals surface area contributed by atoms with Crippen LogP contribution in [0.3, 0.4) is 0 Å². The summed E-state index contributed by atoms with van der Waals surface area (Å²) in [7, 11) is 0. The normalized spacial score (nSPS) is 11.6. The number of hydrogen-bond donors (Lipinski definition) is 1. The lowest BCUT2D eigenvalue weighted by Gasteiger charge is -2.18. The zero-order valence-corrected chi connectivity index (χ0v) is 13.0. The van der Waals surface area contributed by atoms with Crippen LogP contribution in [-0.4, -0.2) is 13.2 Å². The molecule has 1 N–H and O–H groups in total. The number of ether oxygens (including phenoxy) is 1. The molecule has 1 rings (SSSR count). The first-order valence-corrected chi connectivity index (χ1v) is 7.44. The van der Waals surface area contributed by atoms with Crippen LogP contribution < -0.4 is 10.1 Å². The monoisotopic (exact) mass is 263 g/mol. The molecule has 2 heteroatoms. The molecule has 0 fully saturated rings. The molecule has 19 heavy (non-hydrogen) atoms. The van der Waals surface area contributed by atoms with Gasteiger partial charge in [-0.05, 0) is 29.5 Å². The molecule has 0 heterocycles. The van der Waals surface area contributed by atoms with Gasteiger partial charge in [-0.2, -0.15) is 0 Å². The van der Waals surface area contributed by atoms with E-state index in [4.69, 9.17) is 4.74 Å². The van der Waals surface area contributed by atoms with Crippen molar-refractivity contribution in [3.05, 3.63) is 29.8 Å². The van der Waals surface area contributed by atoms with Crippen LogP contribution in [0, 0.1) is 5.41 Å². The molecule has 0 aliphatic rings. The van der Waals surface area contributed by atoms with Crippen LogP contribution in [0.4, 0.5) is 0 Å². The Balaban J connectivity index is 2.27. The van der Waals surface area contributed by atoms with Gasteiger partial charge in [0.25, 0.3) is 0 Å². The van der Waals surface area contributed by atoms with Crippen molar-refractivity contribution in [2.75, 3.05) is 13.2 Å². The Morgan fingerprint density at radius 2 is 1.74 bits per heavy atom. The second-order valence-electron chi connectivity index (χ2n) is 6.36. The number of hydrogen-bond acceptors (Lipinski definition) is 2. The Bertz CT molecular complexity index is 337. The first-order valence-electron chi connectivity index (χ1n) is 7.44. The average Bonchev–Trinajstić information content (AvgIpc) is 2.35. The van der Waals surface area contributed by atoms with Gasteiger partial charge in [-0.3, -0.25) is 0 Å². The fraction of sp³-hybridized carbons (Fsp3) is 0.647. The second kappa shape index (κ2) is 8.21. The van der Waals surface area contributed by atoms with Crippen molar-refractivity contribution >= 4 is 0 Å². The molecule has 0 aliphatic carbocycles. The first kappa shape index (κ1) is 16.0. The summed E-state index contributed by atoms with van der Waals surface area (Å²) >= 11 is 0. The molecule has 0 aliphatic heterocycles. The van der Waals surface area contributed by atoms with E-state index in [1.54, 1.807) is 0 Å². The fourth-order valence-electron chi connectivity index (χ4n) is 1.83. The summed E-state index contributed by atoms with van der Waals surface area (Å²) in [6, 6.07) is 8.43. The second-order valence-corrected chi connectivity index (χ2v) is 6.36. The molecular weight excluding hydrogens is 234 g/mol. The van der Waals surface area contributed by atoms with Gasteiger partial charge in [0.15, 0.2) is 0 Å². The minimum absolute atomic E-state index is 0.336. The van der Waals surface area contributed by atoms with Crippen LogP contribution in [0.25, 0.3) is 0 Å². The Kier molecular flexibility index (Phi) is 6.93. The summed E-state index contributed by atoms with van der Waals surface area (Å²) in [4.78, 5) is 0. The third-order valence-electron chi connectivity index (χ3n) is 2.92. The molecule has 0 atom stereocenters. The number of benzene rings is 1. The highest BCUT2D eigenvalue weighted by Crippen LogP contribution is 2.14. The van der Waals surface area contributed by atoms with Crippen molar-refractivity contribution in [1.29, 1.82) is 0 Å². The number of nitrogens with one attached hydrogen (secondary N) is 1. The highest BCUT2D eigenvalue weighted by atomic mass is 16.5. The van der Waals surface area contributed by atoms with E-state index in [0.29, 0.717) is 5.41 Å². The summed E-state index contributed by atoms with van der Waals surface area (Å²) in [6.07, 6.45) is 3.63. The van der Waals surface area contributed by atoms with Gasteiger partial charge in [-0.25, -0.2) is 0 Å². The van der Waals surface area contributed by atoms with Crippen LogP contribution in [0.1, 0.15) is 52.5 Å². The van der Waals surface area contributed by atoms with Gasteiger partial charge in [-0.1, -0.05) is 52.7 Å². The standard InChI is InChI=1S/C17H29NO/c1-5-6-7-12-19-16-10-8-15(9-11-16)13-18-14-17(2,3)4/h8-11,18H,5-7,12-14H2,1-4H3. The lowest BCUT2D eigenvalue weighted by molar-refractivity contribution is 0.306. The van der Waals surface area contributed by atoms with Gasteiger partial charge >= 0.3 is 0 Å². The van der Waals surface area contributed by atoms with Crippen LogP contribution in [-0.2, 0) is 6.54 Å². The van der Waals surface area contributed by atoms with Crippen molar-refractivity contribution < 1.29 is 4.74 Å². The van der Waals surface area contributed by atoms with E-state index in [0.717, 1.165) is 31.9 Å². The van der Waals surface area contributed by atoms with Crippen molar-refractivity contribution in [2.24, 2.45) is 5.41 Å². The molecule has 2 nitrogen and oxygen atoms in total. The third kappa shape index (κ3) is 7.89. The van der Waals surface area contributed by atoms with Crippen molar-refractivity contribution in [3.8, 4) is 5.75 Å². The summed E-state index contributed by atoms with van der Waals surface area (Å²) in [5.41, 5.74) is 1.65. The zero-order valence-electron chi connectivity index (χ0n) is 13.0. The predicted octanol–water partition coefficient (Wildman–Crippen LogP) is 4.39. The van der Waals surface area contributed by atoms with Crippen molar-refractivity contribution in [3.63, 3.8) is 0 Å².